The van der Waals surface area contributed by atoms with Crippen LogP contribution < -0.4 is 10.6 Å². The number of nitrogens with one attached hydrogen (secondary N) is 2. The minimum absolute atomic E-state index is 0.0244. The summed E-state index contributed by atoms with van der Waals surface area (Å²) >= 11 is 5.53. The van der Waals surface area contributed by atoms with Crippen molar-refractivity contribution in [2.24, 2.45) is 0 Å². The second-order valence-electron chi connectivity index (χ2n) is 3.23. The largest absolute Gasteiger partial charge is 0.351 e. The second-order valence-corrected chi connectivity index (χ2v) is 5.31. The SMILES string of the molecule is CCNCCNC(=O)c1cc(Br)ccc1I. The third kappa shape index (κ3) is 4.39. The van der Waals surface area contributed by atoms with E-state index in [4.69, 9.17) is 0 Å². The van der Waals surface area contributed by atoms with E-state index in [9.17, 15) is 4.79 Å². The van der Waals surface area contributed by atoms with Crippen LogP contribution in [-0.2, 0) is 0 Å². The first-order valence-corrected chi connectivity index (χ1v) is 6.96. The normalized spacial score (nSPS) is 10.2. The number of carbonyl (C=O) groups is 1. The Balaban J connectivity index is 2.55. The number of hydrogen-bond acceptors (Lipinski definition) is 2. The second kappa shape index (κ2) is 7.24. The van der Waals surface area contributed by atoms with Crippen LogP contribution in [0.2, 0.25) is 0 Å². The van der Waals surface area contributed by atoms with Crippen LogP contribution in [0.4, 0.5) is 0 Å². The maximum Gasteiger partial charge on any atom is 0.252 e. The lowest BCUT2D eigenvalue weighted by atomic mass is 10.2. The molecule has 0 fully saturated rings. The standard InChI is InChI=1S/C11H14BrIN2O/c1-2-14-5-6-15-11(16)9-7-8(12)3-4-10(9)13/h3-4,7,14H,2,5-6H2,1H3,(H,15,16). The third-order valence-electron chi connectivity index (χ3n) is 2.01. The third-order valence-corrected chi connectivity index (χ3v) is 3.44. The number of carbonyl (C=O) groups excluding carboxylic acids is 1. The van der Waals surface area contributed by atoms with Crippen LogP contribution in [0.25, 0.3) is 0 Å². The first-order chi connectivity index (χ1) is 7.65. The van der Waals surface area contributed by atoms with Crippen molar-refractivity contribution in [1.82, 2.24) is 10.6 Å². The van der Waals surface area contributed by atoms with Crippen molar-refractivity contribution in [3.05, 3.63) is 31.8 Å². The van der Waals surface area contributed by atoms with Gasteiger partial charge in [0.1, 0.15) is 0 Å². The fourth-order valence-corrected chi connectivity index (χ4v) is 2.15. The highest BCUT2D eigenvalue weighted by atomic mass is 127. The predicted octanol–water partition coefficient (Wildman–Crippen LogP) is 2.39. The molecule has 0 spiro atoms. The Bertz CT molecular complexity index is 371. The molecule has 0 aliphatic heterocycles. The lowest BCUT2D eigenvalue weighted by Crippen LogP contribution is -2.32. The van der Waals surface area contributed by atoms with Crippen LogP contribution in [0.5, 0.6) is 0 Å². The molecule has 0 saturated carbocycles. The molecular weight excluding hydrogens is 383 g/mol. The van der Waals surface area contributed by atoms with E-state index in [1.807, 2.05) is 25.1 Å². The summed E-state index contributed by atoms with van der Waals surface area (Å²) in [6.45, 7) is 4.41. The lowest BCUT2D eigenvalue weighted by Gasteiger charge is -2.07. The molecule has 0 atom stereocenters. The zero-order valence-corrected chi connectivity index (χ0v) is 12.8. The molecule has 2 N–H and O–H groups in total. The van der Waals surface area contributed by atoms with Crippen molar-refractivity contribution >= 4 is 44.4 Å². The van der Waals surface area contributed by atoms with E-state index in [1.54, 1.807) is 0 Å². The molecule has 0 aromatic heterocycles. The van der Waals surface area contributed by atoms with Crippen LogP contribution in [0.3, 0.4) is 0 Å². The van der Waals surface area contributed by atoms with E-state index in [0.29, 0.717) is 12.1 Å². The van der Waals surface area contributed by atoms with Crippen molar-refractivity contribution in [2.75, 3.05) is 19.6 Å². The molecule has 1 amide bonds. The smallest absolute Gasteiger partial charge is 0.252 e. The molecule has 1 aromatic rings. The zero-order valence-electron chi connectivity index (χ0n) is 9.02. The summed E-state index contributed by atoms with van der Waals surface area (Å²) in [5.41, 5.74) is 0.714. The molecule has 0 aliphatic rings. The highest BCUT2D eigenvalue weighted by Crippen LogP contribution is 2.18. The Morgan fingerprint density at radius 1 is 1.44 bits per heavy atom. The first-order valence-electron chi connectivity index (χ1n) is 5.09. The molecular formula is C11H14BrIN2O. The van der Waals surface area contributed by atoms with E-state index in [0.717, 1.165) is 21.1 Å². The number of amides is 1. The number of halogens is 2. The average molecular weight is 397 g/mol. The van der Waals surface area contributed by atoms with E-state index in [2.05, 4.69) is 49.2 Å². The molecule has 1 rings (SSSR count). The van der Waals surface area contributed by atoms with Gasteiger partial charge in [-0.05, 0) is 47.3 Å². The van der Waals surface area contributed by atoms with Gasteiger partial charge in [-0.15, -0.1) is 0 Å². The summed E-state index contributed by atoms with van der Waals surface area (Å²) in [5, 5.41) is 6.03. The number of hydrogen-bond donors (Lipinski definition) is 2. The van der Waals surface area contributed by atoms with Gasteiger partial charge in [0.25, 0.3) is 5.91 Å². The molecule has 0 heterocycles. The topological polar surface area (TPSA) is 41.1 Å². The van der Waals surface area contributed by atoms with Gasteiger partial charge in [0.2, 0.25) is 0 Å². The summed E-state index contributed by atoms with van der Waals surface area (Å²) in [4.78, 5) is 11.8. The summed E-state index contributed by atoms with van der Waals surface area (Å²) in [7, 11) is 0. The van der Waals surface area contributed by atoms with Crippen molar-refractivity contribution in [1.29, 1.82) is 0 Å². The average Bonchev–Trinajstić information content (AvgIpc) is 2.27. The highest BCUT2D eigenvalue weighted by Gasteiger charge is 2.09. The Hall–Kier alpha value is -0.140. The van der Waals surface area contributed by atoms with Crippen LogP contribution >= 0.6 is 38.5 Å². The monoisotopic (exact) mass is 396 g/mol. The molecule has 0 radical (unpaired) electrons. The maximum atomic E-state index is 11.8. The van der Waals surface area contributed by atoms with E-state index >= 15 is 0 Å². The number of rotatable bonds is 5. The highest BCUT2D eigenvalue weighted by molar-refractivity contribution is 14.1. The summed E-state index contributed by atoms with van der Waals surface area (Å²) in [5.74, 6) is -0.0244. The molecule has 5 heteroatoms. The van der Waals surface area contributed by atoms with Crippen LogP contribution in [0.1, 0.15) is 17.3 Å². The molecule has 3 nitrogen and oxygen atoms in total. The molecule has 0 aliphatic carbocycles. The quantitative estimate of drug-likeness (QED) is 0.592. The van der Waals surface area contributed by atoms with Gasteiger partial charge in [-0.25, -0.2) is 0 Å². The fourth-order valence-electron chi connectivity index (χ4n) is 1.21. The van der Waals surface area contributed by atoms with Gasteiger partial charge < -0.3 is 10.6 Å². The Morgan fingerprint density at radius 3 is 2.88 bits per heavy atom. The van der Waals surface area contributed by atoms with Crippen molar-refractivity contribution < 1.29 is 4.79 Å². The summed E-state index contributed by atoms with van der Waals surface area (Å²) in [6, 6.07) is 5.69. The fraction of sp³-hybridized carbons (Fsp3) is 0.364. The first kappa shape index (κ1) is 13.9. The molecule has 88 valence electrons. The van der Waals surface area contributed by atoms with Crippen LogP contribution in [0, 0.1) is 3.57 Å². The Kier molecular flexibility index (Phi) is 6.30. The van der Waals surface area contributed by atoms with Gasteiger partial charge in [0.15, 0.2) is 0 Å². The predicted molar refractivity (Wildman–Crippen MR) is 77.7 cm³/mol. The lowest BCUT2D eigenvalue weighted by molar-refractivity contribution is 0.0953. The van der Waals surface area contributed by atoms with Crippen molar-refractivity contribution in [3.8, 4) is 0 Å². The van der Waals surface area contributed by atoms with Gasteiger partial charge in [0, 0.05) is 21.1 Å². The molecule has 0 bridgehead atoms. The van der Waals surface area contributed by atoms with Crippen LogP contribution in [0.15, 0.2) is 22.7 Å². The minimum Gasteiger partial charge on any atom is -0.351 e. The Labute approximate surface area is 118 Å². The van der Waals surface area contributed by atoms with Gasteiger partial charge in [-0.3, -0.25) is 4.79 Å². The maximum absolute atomic E-state index is 11.8. The van der Waals surface area contributed by atoms with Gasteiger partial charge in [-0.2, -0.15) is 0 Å². The Morgan fingerprint density at radius 2 is 2.19 bits per heavy atom. The van der Waals surface area contributed by atoms with Gasteiger partial charge in [-0.1, -0.05) is 22.9 Å². The molecule has 16 heavy (non-hydrogen) atoms. The van der Waals surface area contributed by atoms with Gasteiger partial charge in [0.05, 0.1) is 5.56 Å². The number of likely N-dealkylation sites (N-methyl/N-ethyl adjacent to an activating group) is 1. The minimum atomic E-state index is -0.0244. The summed E-state index contributed by atoms with van der Waals surface area (Å²) in [6.07, 6.45) is 0. The molecule has 0 unspecified atom stereocenters. The summed E-state index contributed by atoms with van der Waals surface area (Å²) < 4.78 is 1.88. The van der Waals surface area contributed by atoms with Crippen molar-refractivity contribution in [3.63, 3.8) is 0 Å². The van der Waals surface area contributed by atoms with E-state index < -0.39 is 0 Å². The van der Waals surface area contributed by atoms with Crippen LogP contribution in [-0.4, -0.2) is 25.5 Å². The molecule has 0 saturated heterocycles. The number of benzene rings is 1. The van der Waals surface area contributed by atoms with E-state index in [1.165, 1.54) is 0 Å². The van der Waals surface area contributed by atoms with Crippen molar-refractivity contribution in [2.45, 2.75) is 6.92 Å². The molecule has 1 aromatic carbocycles. The van der Waals surface area contributed by atoms with E-state index in [-0.39, 0.29) is 5.91 Å². The zero-order chi connectivity index (χ0) is 12.0. The van der Waals surface area contributed by atoms with Gasteiger partial charge >= 0.3 is 0 Å².